The van der Waals surface area contributed by atoms with Crippen LogP contribution in [0.15, 0.2) is 23.1 Å². The Morgan fingerprint density at radius 2 is 2.23 bits per heavy atom. The number of nitrogens with one attached hydrogen (secondary N) is 1. The van der Waals surface area contributed by atoms with Crippen molar-refractivity contribution in [2.45, 2.75) is 23.8 Å². The van der Waals surface area contributed by atoms with Gasteiger partial charge in [-0.25, -0.2) is 13.2 Å². The van der Waals surface area contributed by atoms with Gasteiger partial charge in [0, 0.05) is 19.1 Å². The minimum Gasteiger partial charge on any atom is -0.465 e. The van der Waals surface area contributed by atoms with Crippen LogP contribution in [0, 0.1) is 0 Å². The summed E-state index contributed by atoms with van der Waals surface area (Å²) in [6.07, 6.45) is 1.66. The Kier molecular flexibility index (Phi) is 5.44. The number of sulfonamides is 1. The van der Waals surface area contributed by atoms with Crippen LogP contribution in [0.25, 0.3) is 0 Å². The van der Waals surface area contributed by atoms with E-state index in [1.54, 1.807) is 7.05 Å². The number of methoxy groups -OCH3 is 1. The van der Waals surface area contributed by atoms with Crippen LogP contribution in [0.1, 0.15) is 23.2 Å². The standard InChI is InChI=1S/C14H19ClN2O4S/c1-16-9-10-4-3-7-17(10)22(19,20)11-5-6-12(13(15)8-11)14(18)21-2/h5-6,8,10,16H,3-4,7,9H2,1-2H3. The number of hydrogen-bond donors (Lipinski definition) is 1. The van der Waals surface area contributed by atoms with Gasteiger partial charge in [0.15, 0.2) is 0 Å². The van der Waals surface area contributed by atoms with E-state index in [0.29, 0.717) is 13.1 Å². The Balaban J connectivity index is 2.34. The number of halogens is 1. The molecule has 1 aromatic carbocycles. The molecule has 22 heavy (non-hydrogen) atoms. The molecule has 1 heterocycles. The molecule has 1 fully saturated rings. The highest BCUT2D eigenvalue weighted by Crippen LogP contribution is 2.28. The van der Waals surface area contributed by atoms with Gasteiger partial charge in [0.2, 0.25) is 10.0 Å². The van der Waals surface area contributed by atoms with E-state index < -0.39 is 16.0 Å². The zero-order chi connectivity index (χ0) is 16.3. The third-order valence-corrected chi connectivity index (χ3v) is 5.98. The smallest absolute Gasteiger partial charge is 0.339 e. The molecule has 2 rings (SSSR count). The lowest BCUT2D eigenvalue weighted by Crippen LogP contribution is -2.40. The second-order valence-corrected chi connectivity index (χ2v) is 7.40. The molecule has 122 valence electrons. The molecule has 1 aromatic rings. The average Bonchev–Trinajstić information content (AvgIpc) is 2.96. The van der Waals surface area contributed by atoms with Crippen LogP contribution in [0.3, 0.4) is 0 Å². The van der Waals surface area contributed by atoms with Gasteiger partial charge >= 0.3 is 5.97 Å². The summed E-state index contributed by atoms with van der Waals surface area (Å²) >= 11 is 6.02. The number of esters is 1. The number of rotatable bonds is 5. The Morgan fingerprint density at radius 1 is 1.50 bits per heavy atom. The summed E-state index contributed by atoms with van der Waals surface area (Å²) in [5.74, 6) is -0.594. The van der Waals surface area contributed by atoms with E-state index in [1.807, 2.05) is 0 Å². The van der Waals surface area contributed by atoms with Gasteiger partial charge in [-0.3, -0.25) is 0 Å². The molecule has 1 aliphatic heterocycles. The molecule has 0 bridgehead atoms. The zero-order valence-electron chi connectivity index (χ0n) is 12.5. The molecule has 1 saturated heterocycles. The van der Waals surface area contributed by atoms with Gasteiger partial charge in [0.1, 0.15) is 0 Å². The van der Waals surface area contributed by atoms with Crippen molar-refractivity contribution in [2.75, 3.05) is 27.2 Å². The largest absolute Gasteiger partial charge is 0.465 e. The van der Waals surface area contributed by atoms with Crippen LogP contribution in [0.5, 0.6) is 0 Å². The Morgan fingerprint density at radius 3 is 2.82 bits per heavy atom. The maximum absolute atomic E-state index is 12.7. The SMILES string of the molecule is CNCC1CCCN1S(=O)(=O)c1ccc(C(=O)OC)c(Cl)c1. The molecule has 1 atom stereocenters. The summed E-state index contributed by atoms with van der Waals surface area (Å²) in [5, 5.41) is 3.08. The lowest BCUT2D eigenvalue weighted by Gasteiger charge is -2.24. The third kappa shape index (κ3) is 3.27. The van der Waals surface area contributed by atoms with Gasteiger partial charge in [-0.2, -0.15) is 4.31 Å². The summed E-state index contributed by atoms with van der Waals surface area (Å²) in [4.78, 5) is 11.6. The number of hydrogen-bond acceptors (Lipinski definition) is 5. The predicted molar refractivity (Wildman–Crippen MR) is 83.6 cm³/mol. The monoisotopic (exact) mass is 346 g/mol. The van der Waals surface area contributed by atoms with Crippen molar-refractivity contribution in [2.24, 2.45) is 0 Å². The predicted octanol–water partition coefficient (Wildman–Crippen LogP) is 1.50. The van der Waals surface area contributed by atoms with Gasteiger partial charge in [-0.1, -0.05) is 11.6 Å². The minimum atomic E-state index is -3.62. The fraction of sp³-hybridized carbons (Fsp3) is 0.500. The average molecular weight is 347 g/mol. The van der Waals surface area contributed by atoms with Gasteiger partial charge < -0.3 is 10.1 Å². The summed E-state index contributed by atoms with van der Waals surface area (Å²) < 4.78 is 31.6. The van der Waals surface area contributed by atoms with Crippen LogP contribution >= 0.6 is 11.6 Å². The molecule has 0 radical (unpaired) electrons. The van der Waals surface area contributed by atoms with Crippen molar-refractivity contribution in [3.63, 3.8) is 0 Å². The number of nitrogens with zero attached hydrogens (tertiary/aromatic N) is 1. The fourth-order valence-electron chi connectivity index (χ4n) is 2.63. The molecule has 1 N–H and O–H groups in total. The van der Waals surface area contributed by atoms with E-state index in [1.165, 1.54) is 29.6 Å². The second-order valence-electron chi connectivity index (χ2n) is 5.10. The van der Waals surface area contributed by atoms with Crippen molar-refractivity contribution >= 4 is 27.6 Å². The molecule has 6 nitrogen and oxygen atoms in total. The number of carbonyl (C=O) groups excluding carboxylic acids is 1. The van der Waals surface area contributed by atoms with Crippen LogP contribution in [-0.2, 0) is 14.8 Å². The van der Waals surface area contributed by atoms with Gasteiger partial charge in [-0.05, 0) is 38.1 Å². The second kappa shape index (κ2) is 6.95. The van der Waals surface area contributed by atoms with Crippen molar-refractivity contribution in [3.05, 3.63) is 28.8 Å². The first-order valence-electron chi connectivity index (χ1n) is 6.96. The Bertz CT molecular complexity index is 663. The van der Waals surface area contributed by atoms with E-state index in [-0.39, 0.29) is 21.5 Å². The first-order valence-corrected chi connectivity index (χ1v) is 8.78. The quantitative estimate of drug-likeness (QED) is 0.818. The third-order valence-electron chi connectivity index (χ3n) is 3.72. The summed E-state index contributed by atoms with van der Waals surface area (Å²) in [5.41, 5.74) is 0.149. The maximum atomic E-state index is 12.7. The molecule has 8 heteroatoms. The zero-order valence-corrected chi connectivity index (χ0v) is 14.1. The molecule has 1 unspecified atom stereocenters. The lowest BCUT2D eigenvalue weighted by molar-refractivity contribution is 0.0601. The number of carbonyl (C=O) groups is 1. The van der Waals surface area contributed by atoms with Gasteiger partial charge in [-0.15, -0.1) is 0 Å². The first kappa shape index (κ1) is 17.2. The minimum absolute atomic E-state index is 0.0611. The van der Waals surface area contributed by atoms with Crippen molar-refractivity contribution in [3.8, 4) is 0 Å². The summed E-state index contributed by atoms with van der Waals surface area (Å²) in [7, 11) is -0.582. The maximum Gasteiger partial charge on any atom is 0.339 e. The molecule has 0 saturated carbocycles. The molecule has 0 aromatic heterocycles. The lowest BCUT2D eigenvalue weighted by atomic mass is 10.2. The number of benzene rings is 1. The van der Waals surface area contributed by atoms with Crippen LogP contribution in [-0.4, -0.2) is 52.0 Å². The Hall–Kier alpha value is -1.15. The van der Waals surface area contributed by atoms with Crippen LogP contribution < -0.4 is 5.32 Å². The van der Waals surface area contributed by atoms with E-state index in [4.69, 9.17) is 11.6 Å². The number of ether oxygens (including phenoxy) is 1. The highest BCUT2D eigenvalue weighted by molar-refractivity contribution is 7.89. The van der Waals surface area contributed by atoms with Crippen LogP contribution in [0.2, 0.25) is 5.02 Å². The van der Waals surface area contributed by atoms with E-state index in [2.05, 4.69) is 10.1 Å². The van der Waals surface area contributed by atoms with Crippen molar-refractivity contribution in [1.82, 2.24) is 9.62 Å². The molecule has 1 aliphatic rings. The first-order chi connectivity index (χ1) is 10.4. The molecule has 0 aliphatic carbocycles. The fourth-order valence-corrected chi connectivity index (χ4v) is 4.67. The molecule has 0 spiro atoms. The highest BCUT2D eigenvalue weighted by atomic mass is 35.5. The summed E-state index contributed by atoms with van der Waals surface area (Å²) in [6, 6.07) is 4.01. The topological polar surface area (TPSA) is 75.7 Å². The Labute approximate surface area is 135 Å². The molecule has 0 amide bonds. The normalized spacial score (nSPS) is 19.3. The van der Waals surface area contributed by atoms with E-state index in [0.717, 1.165) is 12.8 Å². The molecular weight excluding hydrogens is 328 g/mol. The summed E-state index contributed by atoms with van der Waals surface area (Å²) in [6.45, 7) is 1.10. The molecular formula is C14H19ClN2O4S. The van der Waals surface area contributed by atoms with Crippen LogP contribution in [0.4, 0.5) is 0 Å². The van der Waals surface area contributed by atoms with E-state index >= 15 is 0 Å². The van der Waals surface area contributed by atoms with Gasteiger partial charge in [0.25, 0.3) is 0 Å². The van der Waals surface area contributed by atoms with Gasteiger partial charge in [0.05, 0.1) is 22.6 Å². The van der Waals surface area contributed by atoms with Crippen molar-refractivity contribution in [1.29, 1.82) is 0 Å². The van der Waals surface area contributed by atoms with E-state index in [9.17, 15) is 13.2 Å². The van der Waals surface area contributed by atoms with Crippen molar-refractivity contribution < 1.29 is 17.9 Å². The number of likely N-dealkylation sites (N-methyl/N-ethyl adjacent to an activating group) is 1. The highest BCUT2D eigenvalue weighted by Gasteiger charge is 2.35.